The van der Waals surface area contributed by atoms with Crippen molar-refractivity contribution in [2.45, 2.75) is 38.3 Å². The first kappa shape index (κ1) is 14.3. The fourth-order valence-corrected chi connectivity index (χ4v) is 4.74. The number of rotatable bonds is 3. The number of nitrogens with zero attached hydrogens (tertiary/aromatic N) is 2. The summed E-state index contributed by atoms with van der Waals surface area (Å²) in [5, 5.41) is 1.49. The largest absolute Gasteiger partial charge is 0.344 e. The molecule has 1 saturated heterocycles. The summed E-state index contributed by atoms with van der Waals surface area (Å²) in [6.07, 6.45) is 3.77. The minimum absolute atomic E-state index is 0.752. The fraction of sp³-hybridized carbons (Fsp3) is 0.364. The van der Waals surface area contributed by atoms with Gasteiger partial charge in [-0.15, -0.1) is 0 Å². The van der Waals surface area contributed by atoms with Crippen LogP contribution in [0.1, 0.15) is 35.6 Å². The number of aryl methyl sites for hydroxylation is 2. The Bertz CT molecular complexity index is 854. The lowest BCUT2D eigenvalue weighted by Crippen LogP contribution is -2.29. The first-order chi connectivity index (χ1) is 11.9. The summed E-state index contributed by atoms with van der Waals surface area (Å²) < 4.78 is 2.65. The third kappa shape index (κ3) is 2.29. The number of para-hydroxylation sites is 1. The van der Waals surface area contributed by atoms with Crippen molar-refractivity contribution in [1.82, 2.24) is 9.47 Å². The molecule has 0 aliphatic carbocycles. The molecule has 2 heteroatoms. The molecular weight excluding hydrogens is 292 g/mol. The van der Waals surface area contributed by atoms with Crippen molar-refractivity contribution >= 4 is 10.9 Å². The van der Waals surface area contributed by atoms with E-state index in [9.17, 15) is 0 Å². The van der Waals surface area contributed by atoms with Gasteiger partial charge in [0.15, 0.2) is 0 Å². The maximum atomic E-state index is 2.65. The van der Waals surface area contributed by atoms with Gasteiger partial charge in [0.05, 0.1) is 0 Å². The average Bonchev–Trinajstić information content (AvgIpc) is 2.77. The monoisotopic (exact) mass is 316 g/mol. The summed E-state index contributed by atoms with van der Waals surface area (Å²) in [5.74, 6) is 0.752. The minimum atomic E-state index is 0.752. The van der Waals surface area contributed by atoms with Gasteiger partial charge in [-0.3, -0.25) is 4.90 Å². The predicted molar refractivity (Wildman–Crippen MR) is 99.3 cm³/mol. The Morgan fingerprint density at radius 3 is 2.46 bits per heavy atom. The van der Waals surface area contributed by atoms with E-state index in [4.69, 9.17) is 0 Å². The summed E-state index contributed by atoms with van der Waals surface area (Å²) in [6, 6.07) is 20.0. The standard InChI is InChI=1S/C22H24N2/c1-2-6-17(7-3-1)10-15-24-21-9-5-4-8-19(21)20-16-23-13-11-18(12-14-23)22(20)24/h1-9,18H,10-16H2. The number of benzene rings is 2. The lowest BCUT2D eigenvalue weighted by molar-refractivity contribution is 0.219. The summed E-state index contributed by atoms with van der Waals surface area (Å²) in [6.45, 7) is 4.78. The zero-order valence-electron chi connectivity index (χ0n) is 14.1. The molecule has 24 heavy (non-hydrogen) atoms. The highest BCUT2D eigenvalue weighted by Crippen LogP contribution is 2.40. The third-order valence-corrected chi connectivity index (χ3v) is 5.94. The molecule has 0 radical (unpaired) electrons. The average molecular weight is 316 g/mol. The van der Waals surface area contributed by atoms with Crippen molar-refractivity contribution in [3.8, 4) is 0 Å². The van der Waals surface area contributed by atoms with Gasteiger partial charge in [0, 0.05) is 35.6 Å². The van der Waals surface area contributed by atoms with Crippen molar-refractivity contribution in [2.24, 2.45) is 0 Å². The normalized spacial score (nSPS) is 22.5. The lowest BCUT2D eigenvalue weighted by atomic mass is 9.94. The minimum Gasteiger partial charge on any atom is -0.344 e. The van der Waals surface area contributed by atoms with Crippen LogP contribution < -0.4 is 0 Å². The molecule has 4 heterocycles. The van der Waals surface area contributed by atoms with Crippen molar-refractivity contribution in [3.63, 3.8) is 0 Å². The quantitative estimate of drug-likeness (QED) is 0.687. The number of fused-ring (bicyclic) bond motifs is 3. The SMILES string of the molecule is c1ccc(CCn2c3c(c4ccccc42)CN2CCC3CC2)cc1. The van der Waals surface area contributed by atoms with E-state index in [2.05, 4.69) is 64.1 Å². The molecule has 2 aromatic carbocycles. The fourth-order valence-electron chi connectivity index (χ4n) is 4.74. The van der Waals surface area contributed by atoms with Crippen LogP contribution in [0.3, 0.4) is 0 Å². The van der Waals surface area contributed by atoms with Gasteiger partial charge in [0.25, 0.3) is 0 Å². The van der Waals surface area contributed by atoms with Gasteiger partial charge in [0.1, 0.15) is 0 Å². The molecule has 1 fully saturated rings. The second kappa shape index (κ2) is 5.78. The van der Waals surface area contributed by atoms with Gasteiger partial charge in [-0.05, 0) is 49.5 Å². The van der Waals surface area contributed by atoms with Crippen molar-refractivity contribution in [1.29, 1.82) is 0 Å². The van der Waals surface area contributed by atoms with Crippen molar-refractivity contribution in [3.05, 3.63) is 71.4 Å². The maximum Gasteiger partial charge on any atom is 0.0486 e. The highest BCUT2D eigenvalue weighted by molar-refractivity contribution is 5.86. The first-order valence-corrected chi connectivity index (χ1v) is 9.26. The molecule has 3 aromatic rings. The Morgan fingerprint density at radius 1 is 0.875 bits per heavy atom. The highest BCUT2D eigenvalue weighted by Gasteiger charge is 2.32. The van der Waals surface area contributed by atoms with Crippen LogP contribution in [0.15, 0.2) is 54.6 Å². The summed E-state index contributed by atoms with van der Waals surface area (Å²) in [7, 11) is 0. The number of hydrogen-bond acceptors (Lipinski definition) is 1. The van der Waals surface area contributed by atoms with Gasteiger partial charge in [-0.1, -0.05) is 48.5 Å². The molecule has 3 aliphatic rings. The van der Waals surface area contributed by atoms with Crippen LogP contribution in [-0.2, 0) is 19.5 Å². The molecule has 0 atom stereocenters. The van der Waals surface area contributed by atoms with E-state index < -0.39 is 0 Å². The van der Waals surface area contributed by atoms with E-state index in [0.29, 0.717) is 0 Å². The second-order valence-electron chi connectivity index (χ2n) is 7.32. The van der Waals surface area contributed by atoms with Crippen molar-refractivity contribution < 1.29 is 0 Å². The highest BCUT2D eigenvalue weighted by atomic mass is 15.1. The van der Waals surface area contributed by atoms with Crippen LogP contribution >= 0.6 is 0 Å². The van der Waals surface area contributed by atoms with Crippen LogP contribution in [0, 0.1) is 0 Å². The molecule has 0 N–H and O–H groups in total. The molecule has 0 spiro atoms. The summed E-state index contributed by atoms with van der Waals surface area (Å²) >= 11 is 0. The molecule has 6 rings (SSSR count). The molecule has 122 valence electrons. The van der Waals surface area contributed by atoms with Crippen LogP contribution in [0.25, 0.3) is 10.9 Å². The van der Waals surface area contributed by atoms with Crippen LogP contribution in [0.2, 0.25) is 0 Å². The van der Waals surface area contributed by atoms with Crippen LogP contribution in [0.4, 0.5) is 0 Å². The molecule has 3 aliphatic heterocycles. The Morgan fingerprint density at radius 2 is 1.62 bits per heavy atom. The van der Waals surface area contributed by atoms with Crippen LogP contribution in [-0.4, -0.2) is 22.6 Å². The Hall–Kier alpha value is -2.06. The van der Waals surface area contributed by atoms with Gasteiger partial charge >= 0.3 is 0 Å². The number of aromatic nitrogens is 1. The molecular formula is C22H24N2. The van der Waals surface area contributed by atoms with E-state index in [1.807, 2.05) is 0 Å². The maximum absolute atomic E-state index is 2.65. The van der Waals surface area contributed by atoms with E-state index in [1.54, 1.807) is 11.3 Å². The zero-order chi connectivity index (χ0) is 15.9. The molecule has 2 bridgehead atoms. The van der Waals surface area contributed by atoms with Gasteiger partial charge in [-0.25, -0.2) is 0 Å². The second-order valence-corrected chi connectivity index (χ2v) is 7.32. The Labute approximate surface area is 143 Å². The molecule has 1 aromatic heterocycles. The molecule has 0 amide bonds. The number of hydrogen-bond donors (Lipinski definition) is 0. The van der Waals surface area contributed by atoms with E-state index in [-0.39, 0.29) is 0 Å². The summed E-state index contributed by atoms with van der Waals surface area (Å²) in [4.78, 5) is 2.65. The Kier molecular flexibility index (Phi) is 3.45. The van der Waals surface area contributed by atoms with Gasteiger partial charge < -0.3 is 4.57 Å². The predicted octanol–water partition coefficient (Wildman–Crippen LogP) is 4.58. The van der Waals surface area contributed by atoms with Gasteiger partial charge in [-0.2, -0.15) is 0 Å². The van der Waals surface area contributed by atoms with E-state index in [1.165, 1.54) is 42.4 Å². The first-order valence-electron chi connectivity index (χ1n) is 9.26. The molecule has 2 nitrogen and oxygen atoms in total. The summed E-state index contributed by atoms with van der Waals surface area (Å²) in [5.41, 5.74) is 6.13. The lowest BCUT2D eigenvalue weighted by Gasteiger charge is -2.27. The van der Waals surface area contributed by atoms with E-state index >= 15 is 0 Å². The smallest absolute Gasteiger partial charge is 0.0486 e. The van der Waals surface area contributed by atoms with E-state index in [0.717, 1.165) is 25.4 Å². The number of piperidine rings is 1. The van der Waals surface area contributed by atoms with Crippen molar-refractivity contribution in [2.75, 3.05) is 13.1 Å². The van der Waals surface area contributed by atoms with Crippen LogP contribution in [0.5, 0.6) is 0 Å². The third-order valence-electron chi connectivity index (χ3n) is 5.94. The van der Waals surface area contributed by atoms with Gasteiger partial charge in [0.2, 0.25) is 0 Å². The Balaban J connectivity index is 1.61. The molecule has 0 saturated carbocycles. The molecule has 0 unspecified atom stereocenters. The topological polar surface area (TPSA) is 8.17 Å². The zero-order valence-corrected chi connectivity index (χ0v) is 14.1.